The number of piperazine rings is 1. The van der Waals surface area contributed by atoms with Crippen molar-refractivity contribution in [3.63, 3.8) is 0 Å². The molecule has 0 saturated carbocycles. The van der Waals surface area contributed by atoms with E-state index in [1.54, 1.807) is 0 Å². The molecule has 0 unspecified atom stereocenters. The van der Waals surface area contributed by atoms with Crippen molar-refractivity contribution in [2.45, 2.75) is 13.0 Å². The van der Waals surface area contributed by atoms with Crippen molar-refractivity contribution in [1.29, 1.82) is 0 Å². The largest absolute Gasteiger partial charge is 0.370 e. The van der Waals surface area contributed by atoms with Crippen LogP contribution in [-0.2, 0) is 13.0 Å². The van der Waals surface area contributed by atoms with Crippen LogP contribution in [-0.4, -0.2) is 49.5 Å². The van der Waals surface area contributed by atoms with Gasteiger partial charge in [-0.1, -0.05) is 23.7 Å². The van der Waals surface area contributed by atoms with E-state index >= 15 is 0 Å². The number of nitrogens with one attached hydrogen (secondary N) is 1. The summed E-state index contributed by atoms with van der Waals surface area (Å²) in [6, 6.07) is 13.9. The first-order valence-corrected chi connectivity index (χ1v) is 9.93. The van der Waals surface area contributed by atoms with Crippen LogP contribution in [0, 0.1) is 0 Å². The van der Waals surface area contributed by atoms with Gasteiger partial charge in [0.05, 0.1) is 6.54 Å². The van der Waals surface area contributed by atoms with Crippen LogP contribution in [0.2, 0.25) is 5.02 Å². The van der Waals surface area contributed by atoms with E-state index in [4.69, 9.17) is 17.3 Å². The van der Waals surface area contributed by atoms with Crippen molar-refractivity contribution in [2.75, 3.05) is 37.6 Å². The van der Waals surface area contributed by atoms with Crippen LogP contribution in [0.3, 0.4) is 0 Å². The number of amides is 1. The van der Waals surface area contributed by atoms with Crippen molar-refractivity contribution in [2.24, 2.45) is 10.7 Å². The maximum atomic E-state index is 12.0. The van der Waals surface area contributed by atoms with Crippen molar-refractivity contribution in [3.8, 4) is 0 Å². The van der Waals surface area contributed by atoms with E-state index in [0.29, 0.717) is 19.0 Å². The summed E-state index contributed by atoms with van der Waals surface area (Å²) >= 11 is 5.97. The molecule has 29 heavy (non-hydrogen) atoms. The Hall–Kier alpha value is -2.00. The third-order valence-electron chi connectivity index (χ3n) is 5.32. The summed E-state index contributed by atoms with van der Waals surface area (Å²) in [4.78, 5) is 21.0. The lowest BCUT2D eigenvalue weighted by atomic mass is 9.98. The molecule has 0 atom stereocenters. The number of aliphatic imine (C=N–C) groups is 1. The van der Waals surface area contributed by atoms with Gasteiger partial charge in [-0.3, -0.25) is 4.79 Å². The molecule has 2 aliphatic rings. The Morgan fingerprint density at radius 2 is 1.83 bits per heavy atom. The van der Waals surface area contributed by atoms with Gasteiger partial charge in [0.2, 0.25) is 0 Å². The molecule has 0 aliphatic carbocycles. The maximum Gasteiger partial charge on any atom is 0.251 e. The Kier molecular flexibility index (Phi) is 7.23. The summed E-state index contributed by atoms with van der Waals surface area (Å²) < 4.78 is 0. The molecule has 0 aromatic heterocycles. The molecule has 0 radical (unpaired) electrons. The molecule has 2 aromatic rings. The predicted molar refractivity (Wildman–Crippen MR) is 128 cm³/mol. The number of nitrogens with zero attached hydrogens (tertiary/aromatic N) is 3. The van der Waals surface area contributed by atoms with E-state index in [1.807, 2.05) is 42.5 Å². The lowest BCUT2D eigenvalue weighted by Gasteiger charge is -2.36. The van der Waals surface area contributed by atoms with Gasteiger partial charge in [0.25, 0.3) is 5.91 Å². The maximum absolute atomic E-state index is 12.0. The third kappa shape index (κ3) is 5.14. The molecule has 2 heterocycles. The van der Waals surface area contributed by atoms with Crippen molar-refractivity contribution in [1.82, 2.24) is 10.2 Å². The standard InChI is InChI=1S/C21H24ClN5O.HI/c22-17-3-5-18(6-4-17)26-9-11-27(12-10-26)21(23)25-14-15-1-2-16-7-8-24-20(28)19(16)13-15;/h1-6,13H,7-12,14H2,(H2,23,25)(H,24,28);1H. The highest BCUT2D eigenvalue weighted by Gasteiger charge is 2.19. The fraction of sp³-hybridized carbons (Fsp3) is 0.333. The monoisotopic (exact) mass is 525 g/mol. The van der Waals surface area contributed by atoms with Gasteiger partial charge in [-0.2, -0.15) is 0 Å². The zero-order chi connectivity index (χ0) is 19.5. The summed E-state index contributed by atoms with van der Waals surface area (Å²) in [6.07, 6.45) is 0.880. The van der Waals surface area contributed by atoms with Gasteiger partial charge in [0.15, 0.2) is 5.96 Å². The Morgan fingerprint density at radius 3 is 2.55 bits per heavy atom. The highest BCUT2D eigenvalue weighted by atomic mass is 127. The van der Waals surface area contributed by atoms with Crippen LogP contribution >= 0.6 is 35.6 Å². The normalized spacial score (nSPS) is 16.7. The minimum Gasteiger partial charge on any atom is -0.370 e. The number of hydrogen-bond acceptors (Lipinski definition) is 3. The van der Waals surface area contributed by atoms with E-state index in [-0.39, 0.29) is 29.9 Å². The number of benzene rings is 2. The van der Waals surface area contributed by atoms with E-state index in [9.17, 15) is 4.79 Å². The molecule has 6 nitrogen and oxygen atoms in total. The van der Waals surface area contributed by atoms with Crippen LogP contribution in [0.5, 0.6) is 0 Å². The number of carbonyl (C=O) groups is 1. The summed E-state index contributed by atoms with van der Waals surface area (Å²) in [7, 11) is 0. The van der Waals surface area contributed by atoms with E-state index in [2.05, 4.69) is 20.1 Å². The van der Waals surface area contributed by atoms with Gasteiger partial charge >= 0.3 is 0 Å². The Morgan fingerprint density at radius 1 is 1.10 bits per heavy atom. The summed E-state index contributed by atoms with van der Waals surface area (Å²) in [5, 5.41) is 3.63. The molecule has 8 heteroatoms. The highest BCUT2D eigenvalue weighted by Crippen LogP contribution is 2.20. The van der Waals surface area contributed by atoms with Gasteiger partial charge in [0, 0.05) is 49.0 Å². The molecule has 0 spiro atoms. The molecule has 2 aromatic carbocycles. The van der Waals surface area contributed by atoms with Crippen molar-refractivity contribution < 1.29 is 4.79 Å². The Labute approximate surface area is 193 Å². The average Bonchev–Trinajstić information content (AvgIpc) is 2.73. The molecular formula is C21H25ClIN5O. The molecule has 1 fully saturated rings. The van der Waals surface area contributed by atoms with Crippen LogP contribution in [0.15, 0.2) is 47.5 Å². The number of halogens is 2. The number of nitrogens with two attached hydrogens (primary N) is 1. The number of carbonyl (C=O) groups excluding carboxylic acids is 1. The van der Waals surface area contributed by atoms with Gasteiger partial charge < -0.3 is 20.9 Å². The first kappa shape index (κ1) is 21.7. The Bertz CT molecular complexity index is 894. The van der Waals surface area contributed by atoms with Crippen molar-refractivity contribution in [3.05, 3.63) is 64.2 Å². The zero-order valence-electron chi connectivity index (χ0n) is 16.1. The molecule has 3 N–H and O–H groups in total. The lowest BCUT2D eigenvalue weighted by Crippen LogP contribution is -2.51. The molecule has 4 rings (SSSR count). The third-order valence-corrected chi connectivity index (χ3v) is 5.57. The second-order valence-corrected chi connectivity index (χ2v) is 7.56. The number of guanidine groups is 1. The second kappa shape index (κ2) is 9.67. The molecular weight excluding hydrogens is 501 g/mol. The van der Waals surface area contributed by atoms with Gasteiger partial charge in [-0.05, 0) is 47.9 Å². The summed E-state index contributed by atoms with van der Waals surface area (Å²) in [5.41, 5.74) is 10.3. The lowest BCUT2D eigenvalue weighted by molar-refractivity contribution is 0.0946. The van der Waals surface area contributed by atoms with Crippen LogP contribution in [0.25, 0.3) is 0 Å². The van der Waals surface area contributed by atoms with Crippen LogP contribution < -0.4 is 16.0 Å². The fourth-order valence-corrected chi connectivity index (χ4v) is 3.80. The number of anilines is 1. The predicted octanol–water partition coefficient (Wildman–Crippen LogP) is 2.88. The topological polar surface area (TPSA) is 74.0 Å². The van der Waals surface area contributed by atoms with E-state index < -0.39 is 0 Å². The molecule has 1 amide bonds. The van der Waals surface area contributed by atoms with Gasteiger partial charge in [0.1, 0.15) is 0 Å². The fourth-order valence-electron chi connectivity index (χ4n) is 3.68. The quantitative estimate of drug-likeness (QED) is 0.367. The zero-order valence-corrected chi connectivity index (χ0v) is 19.2. The number of fused-ring (bicyclic) bond motifs is 1. The summed E-state index contributed by atoms with van der Waals surface area (Å²) in [5.74, 6) is 0.552. The van der Waals surface area contributed by atoms with Crippen molar-refractivity contribution >= 4 is 53.1 Å². The van der Waals surface area contributed by atoms with Gasteiger partial charge in [-0.25, -0.2) is 4.99 Å². The SMILES string of the molecule is I.NC(=NCc1ccc2c(c1)C(=O)NCC2)N1CCN(c2ccc(Cl)cc2)CC1. The number of hydrogen-bond donors (Lipinski definition) is 2. The van der Waals surface area contributed by atoms with Crippen LogP contribution in [0.4, 0.5) is 5.69 Å². The average molecular weight is 526 g/mol. The van der Waals surface area contributed by atoms with Crippen LogP contribution in [0.1, 0.15) is 21.5 Å². The highest BCUT2D eigenvalue weighted by molar-refractivity contribution is 14.0. The first-order chi connectivity index (χ1) is 13.6. The minimum atomic E-state index is -0.00151. The van der Waals surface area contributed by atoms with E-state index in [0.717, 1.165) is 54.3 Å². The first-order valence-electron chi connectivity index (χ1n) is 9.55. The molecule has 0 bridgehead atoms. The minimum absolute atomic E-state index is 0. The molecule has 2 aliphatic heterocycles. The second-order valence-electron chi connectivity index (χ2n) is 7.12. The molecule has 154 valence electrons. The summed E-state index contributed by atoms with van der Waals surface area (Å²) in [6.45, 7) is 4.60. The van der Waals surface area contributed by atoms with Gasteiger partial charge in [-0.15, -0.1) is 24.0 Å². The number of rotatable bonds is 3. The molecule has 1 saturated heterocycles. The van der Waals surface area contributed by atoms with E-state index in [1.165, 1.54) is 5.69 Å². The smallest absolute Gasteiger partial charge is 0.251 e. The Balaban J connectivity index is 0.00000240.